The molecule has 4 nitrogen and oxygen atoms in total. The summed E-state index contributed by atoms with van der Waals surface area (Å²) < 4.78 is 0. The van der Waals surface area contributed by atoms with Gasteiger partial charge in [-0.2, -0.15) is 0 Å². The highest BCUT2D eigenvalue weighted by Crippen LogP contribution is 2.16. The largest absolute Gasteiger partial charge is 0.368 e. The topological polar surface area (TPSA) is 49.6 Å². The molecule has 0 saturated carbocycles. The molecule has 1 fully saturated rings. The second-order valence-electron chi connectivity index (χ2n) is 5.01. The van der Waals surface area contributed by atoms with Gasteiger partial charge in [0.05, 0.1) is 6.04 Å². The van der Waals surface area contributed by atoms with Crippen molar-refractivity contribution >= 4 is 5.91 Å². The second kappa shape index (κ2) is 6.17. The first-order chi connectivity index (χ1) is 8.27. The molecule has 96 valence electrons. The standard InChI is InChI=1S/C13H23N3O/c14-13(17)12-6-2-5-9-16(12)11-10-15-7-3-1-4-8-15/h1,3,12H,2,4-11H2,(H2,14,17). The number of nitrogens with zero attached hydrogens (tertiary/aromatic N) is 2. The highest BCUT2D eigenvalue weighted by Gasteiger charge is 2.26. The summed E-state index contributed by atoms with van der Waals surface area (Å²) in [6.07, 6.45) is 8.89. The fourth-order valence-corrected chi connectivity index (χ4v) is 2.74. The molecule has 0 radical (unpaired) electrons. The van der Waals surface area contributed by atoms with Crippen molar-refractivity contribution in [3.05, 3.63) is 12.2 Å². The van der Waals surface area contributed by atoms with E-state index in [0.29, 0.717) is 0 Å². The quantitative estimate of drug-likeness (QED) is 0.728. The zero-order valence-corrected chi connectivity index (χ0v) is 10.5. The minimum Gasteiger partial charge on any atom is -0.368 e. The fraction of sp³-hybridized carbons (Fsp3) is 0.769. The highest BCUT2D eigenvalue weighted by molar-refractivity contribution is 5.79. The molecule has 2 N–H and O–H groups in total. The van der Waals surface area contributed by atoms with Crippen LogP contribution in [0.25, 0.3) is 0 Å². The molecule has 0 aromatic heterocycles. The van der Waals surface area contributed by atoms with Crippen LogP contribution in [-0.4, -0.2) is 54.5 Å². The van der Waals surface area contributed by atoms with E-state index in [4.69, 9.17) is 5.73 Å². The Hall–Kier alpha value is -0.870. The van der Waals surface area contributed by atoms with Gasteiger partial charge in [0.15, 0.2) is 0 Å². The van der Waals surface area contributed by atoms with Crippen molar-refractivity contribution in [1.29, 1.82) is 0 Å². The molecular weight excluding hydrogens is 214 g/mol. The monoisotopic (exact) mass is 237 g/mol. The molecule has 2 aliphatic heterocycles. The van der Waals surface area contributed by atoms with Gasteiger partial charge in [0.25, 0.3) is 0 Å². The molecule has 2 rings (SSSR count). The molecule has 0 aromatic rings. The Morgan fingerprint density at radius 3 is 2.82 bits per heavy atom. The van der Waals surface area contributed by atoms with Gasteiger partial charge in [0, 0.05) is 26.2 Å². The van der Waals surface area contributed by atoms with E-state index in [1.807, 2.05) is 0 Å². The van der Waals surface area contributed by atoms with Crippen molar-refractivity contribution < 1.29 is 4.79 Å². The van der Waals surface area contributed by atoms with E-state index in [-0.39, 0.29) is 11.9 Å². The first kappa shape index (κ1) is 12.6. The Morgan fingerprint density at radius 2 is 2.12 bits per heavy atom. The number of primary amides is 1. The van der Waals surface area contributed by atoms with E-state index >= 15 is 0 Å². The molecule has 4 heteroatoms. The van der Waals surface area contributed by atoms with Crippen LogP contribution in [0.15, 0.2) is 12.2 Å². The number of carbonyl (C=O) groups excluding carboxylic acids is 1. The zero-order valence-electron chi connectivity index (χ0n) is 10.5. The third kappa shape index (κ3) is 3.54. The van der Waals surface area contributed by atoms with Gasteiger partial charge < -0.3 is 5.73 Å². The molecule has 2 aliphatic rings. The number of carbonyl (C=O) groups is 1. The minimum atomic E-state index is -0.150. The predicted molar refractivity (Wildman–Crippen MR) is 68.6 cm³/mol. The Morgan fingerprint density at radius 1 is 1.24 bits per heavy atom. The van der Waals surface area contributed by atoms with Gasteiger partial charge in [-0.05, 0) is 25.8 Å². The molecule has 1 unspecified atom stereocenters. The van der Waals surface area contributed by atoms with Crippen molar-refractivity contribution in [3.63, 3.8) is 0 Å². The summed E-state index contributed by atoms with van der Waals surface area (Å²) in [6.45, 7) is 5.24. The summed E-state index contributed by atoms with van der Waals surface area (Å²) in [4.78, 5) is 16.1. The van der Waals surface area contributed by atoms with E-state index in [9.17, 15) is 4.79 Å². The number of rotatable bonds is 4. The fourth-order valence-electron chi connectivity index (χ4n) is 2.74. The Balaban J connectivity index is 1.79. The molecule has 0 bridgehead atoms. The lowest BCUT2D eigenvalue weighted by molar-refractivity contribution is -0.124. The highest BCUT2D eigenvalue weighted by atomic mass is 16.1. The summed E-state index contributed by atoms with van der Waals surface area (Å²) in [5, 5.41) is 0. The Bertz CT molecular complexity index is 290. The average Bonchev–Trinajstić information content (AvgIpc) is 2.38. The molecule has 1 amide bonds. The van der Waals surface area contributed by atoms with E-state index in [1.165, 1.54) is 6.42 Å². The predicted octanol–water partition coefficient (Wildman–Crippen LogP) is 0.588. The smallest absolute Gasteiger partial charge is 0.234 e. The lowest BCUT2D eigenvalue weighted by Gasteiger charge is -2.35. The first-order valence-electron chi connectivity index (χ1n) is 6.68. The van der Waals surface area contributed by atoms with Crippen molar-refractivity contribution in [1.82, 2.24) is 9.80 Å². The van der Waals surface area contributed by atoms with Gasteiger partial charge in [-0.25, -0.2) is 0 Å². The first-order valence-corrected chi connectivity index (χ1v) is 6.68. The van der Waals surface area contributed by atoms with Crippen LogP contribution in [0.4, 0.5) is 0 Å². The number of nitrogens with two attached hydrogens (primary N) is 1. The molecule has 0 aliphatic carbocycles. The van der Waals surface area contributed by atoms with Gasteiger partial charge in [0.2, 0.25) is 5.91 Å². The maximum absolute atomic E-state index is 11.4. The van der Waals surface area contributed by atoms with Gasteiger partial charge in [-0.15, -0.1) is 0 Å². The molecule has 1 atom stereocenters. The molecular formula is C13H23N3O. The van der Waals surface area contributed by atoms with E-state index in [1.54, 1.807) is 0 Å². The van der Waals surface area contributed by atoms with E-state index in [0.717, 1.165) is 52.0 Å². The lowest BCUT2D eigenvalue weighted by atomic mass is 10.0. The van der Waals surface area contributed by atoms with Crippen LogP contribution < -0.4 is 5.73 Å². The number of hydrogen-bond donors (Lipinski definition) is 1. The summed E-state index contributed by atoms with van der Waals surface area (Å²) in [5.74, 6) is -0.150. The zero-order chi connectivity index (χ0) is 12.1. The van der Waals surface area contributed by atoms with Gasteiger partial charge >= 0.3 is 0 Å². The maximum Gasteiger partial charge on any atom is 0.234 e. The van der Waals surface area contributed by atoms with Crippen LogP contribution in [0, 0.1) is 0 Å². The van der Waals surface area contributed by atoms with Crippen LogP contribution in [-0.2, 0) is 4.79 Å². The summed E-state index contributed by atoms with van der Waals surface area (Å²) in [7, 11) is 0. The molecule has 1 saturated heterocycles. The number of hydrogen-bond acceptors (Lipinski definition) is 3. The molecule has 2 heterocycles. The van der Waals surface area contributed by atoms with Gasteiger partial charge in [-0.1, -0.05) is 18.6 Å². The Kier molecular flexibility index (Phi) is 4.57. The van der Waals surface area contributed by atoms with Gasteiger partial charge in [-0.3, -0.25) is 14.6 Å². The van der Waals surface area contributed by atoms with Crippen LogP contribution in [0.3, 0.4) is 0 Å². The normalized spacial score (nSPS) is 27.2. The van der Waals surface area contributed by atoms with Crippen LogP contribution >= 0.6 is 0 Å². The SMILES string of the molecule is NC(=O)C1CCCCN1CCN1CC=CCC1. The van der Waals surface area contributed by atoms with Crippen molar-refractivity contribution in [2.75, 3.05) is 32.7 Å². The van der Waals surface area contributed by atoms with Gasteiger partial charge in [0.1, 0.15) is 0 Å². The minimum absolute atomic E-state index is 0.0240. The number of piperidine rings is 1. The molecule has 0 spiro atoms. The van der Waals surface area contributed by atoms with Crippen LogP contribution in [0.5, 0.6) is 0 Å². The summed E-state index contributed by atoms with van der Waals surface area (Å²) >= 11 is 0. The van der Waals surface area contributed by atoms with Crippen LogP contribution in [0.1, 0.15) is 25.7 Å². The van der Waals surface area contributed by atoms with Crippen LogP contribution in [0.2, 0.25) is 0 Å². The van der Waals surface area contributed by atoms with Crippen molar-refractivity contribution in [3.8, 4) is 0 Å². The number of amides is 1. The second-order valence-corrected chi connectivity index (χ2v) is 5.01. The summed E-state index contributed by atoms with van der Waals surface area (Å²) in [6, 6.07) is -0.0240. The summed E-state index contributed by atoms with van der Waals surface area (Å²) in [5.41, 5.74) is 5.46. The number of likely N-dealkylation sites (tertiary alicyclic amines) is 1. The van der Waals surface area contributed by atoms with E-state index < -0.39 is 0 Å². The van der Waals surface area contributed by atoms with Crippen molar-refractivity contribution in [2.45, 2.75) is 31.7 Å². The van der Waals surface area contributed by atoms with Crippen molar-refractivity contribution in [2.24, 2.45) is 5.73 Å². The third-order valence-electron chi connectivity index (χ3n) is 3.79. The average molecular weight is 237 g/mol. The lowest BCUT2D eigenvalue weighted by Crippen LogP contribution is -2.50. The molecule has 17 heavy (non-hydrogen) atoms. The van der Waals surface area contributed by atoms with E-state index in [2.05, 4.69) is 22.0 Å². The Labute approximate surface area is 103 Å². The third-order valence-corrected chi connectivity index (χ3v) is 3.79. The molecule has 0 aromatic carbocycles. The maximum atomic E-state index is 11.4.